The lowest BCUT2D eigenvalue weighted by atomic mass is 10.0. The summed E-state index contributed by atoms with van der Waals surface area (Å²) in [4.78, 5) is 4.03. The van der Waals surface area contributed by atoms with Crippen LogP contribution in [0.4, 0.5) is 0 Å². The third-order valence-corrected chi connectivity index (χ3v) is 1.88. The van der Waals surface area contributed by atoms with Gasteiger partial charge in [0.25, 0.3) is 0 Å². The highest BCUT2D eigenvalue weighted by molar-refractivity contribution is 5.65. The van der Waals surface area contributed by atoms with E-state index in [4.69, 9.17) is 0 Å². The Morgan fingerprint density at radius 1 is 1.38 bits per heavy atom. The average Bonchev–Trinajstić information content (AvgIpc) is 2.20. The standard InChI is InChI=1S/C10H13N.C2H6/c1-4-8(2)10-5-6-11-7-9(10)3;1-2/h4-7H,1-3H3;1-2H3/b8-4-;. The second kappa shape index (κ2) is 6.41. The molecule has 1 nitrogen and oxygen atoms in total. The zero-order valence-corrected chi connectivity index (χ0v) is 9.26. The molecule has 0 aliphatic heterocycles. The Bertz CT molecular complexity index is 274. The summed E-state index contributed by atoms with van der Waals surface area (Å²) in [6.07, 6.45) is 5.83. The molecule has 0 saturated carbocycles. The topological polar surface area (TPSA) is 12.9 Å². The molecule has 0 amide bonds. The maximum Gasteiger partial charge on any atom is 0.0303 e. The first-order valence-corrected chi connectivity index (χ1v) is 4.79. The average molecular weight is 177 g/mol. The van der Waals surface area contributed by atoms with E-state index in [1.165, 1.54) is 16.7 Å². The molecular formula is C12H19N. The van der Waals surface area contributed by atoms with Crippen molar-refractivity contribution in [1.82, 2.24) is 4.98 Å². The summed E-state index contributed by atoms with van der Waals surface area (Å²) >= 11 is 0. The molecule has 0 atom stereocenters. The van der Waals surface area contributed by atoms with Crippen LogP contribution in [0.15, 0.2) is 24.5 Å². The fourth-order valence-corrected chi connectivity index (χ4v) is 1.07. The molecule has 1 aromatic rings. The van der Waals surface area contributed by atoms with Gasteiger partial charge in [-0.05, 0) is 43.5 Å². The first kappa shape index (κ1) is 11.9. The highest BCUT2D eigenvalue weighted by atomic mass is 14.6. The monoisotopic (exact) mass is 177 g/mol. The molecule has 1 heteroatoms. The third-order valence-electron chi connectivity index (χ3n) is 1.88. The summed E-state index contributed by atoms with van der Waals surface area (Å²) in [7, 11) is 0. The maximum atomic E-state index is 4.03. The van der Waals surface area contributed by atoms with Crippen molar-refractivity contribution in [3.63, 3.8) is 0 Å². The molecule has 0 aliphatic rings. The molecule has 0 radical (unpaired) electrons. The van der Waals surface area contributed by atoms with Gasteiger partial charge < -0.3 is 0 Å². The van der Waals surface area contributed by atoms with E-state index < -0.39 is 0 Å². The fourth-order valence-electron chi connectivity index (χ4n) is 1.07. The summed E-state index contributed by atoms with van der Waals surface area (Å²) in [6, 6.07) is 2.05. The summed E-state index contributed by atoms with van der Waals surface area (Å²) in [5, 5.41) is 0. The number of allylic oxidation sites excluding steroid dienone is 2. The Balaban J connectivity index is 0.000000671. The van der Waals surface area contributed by atoms with Crippen molar-refractivity contribution < 1.29 is 0 Å². The van der Waals surface area contributed by atoms with E-state index in [0.717, 1.165) is 0 Å². The van der Waals surface area contributed by atoms with Crippen LogP contribution in [0.3, 0.4) is 0 Å². The Kier molecular flexibility index (Phi) is 5.86. The molecule has 1 rings (SSSR count). The molecule has 0 unspecified atom stereocenters. The van der Waals surface area contributed by atoms with Gasteiger partial charge in [-0.25, -0.2) is 0 Å². The van der Waals surface area contributed by atoms with Crippen LogP contribution < -0.4 is 0 Å². The molecule has 0 bridgehead atoms. The van der Waals surface area contributed by atoms with Crippen molar-refractivity contribution in [3.8, 4) is 0 Å². The normalized spacial score (nSPS) is 10.4. The number of aromatic nitrogens is 1. The van der Waals surface area contributed by atoms with E-state index in [0.29, 0.717) is 0 Å². The molecule has 1 heterocycles. The van der Waals surface area contributed by atoms with Crippen LogP contribution >= 0.6 is 0 Å². The molecule has 0 spiro atoms. The lowest BCUT2D eigenvalue weighted by Crippen LogP contribution is -1.85. The van der Waals surface area contributed by atoms with Crippen molar-refractivity contribution >= 4 is 5.57 Å². The first-order chi connectivity index (χ1) is 6.25. The van der Waals surface area contributed by atoms with Crippen molar-refractivity contribution in [1.29, 1.82) is 0 Å². The van der Waals surface area contributed by atoms with Crippen LogP contribution in [0.1, 0.15) is 38.8 Å². The van der Waals surface area contributed by atoms with Crippen molar-refractivity contribution in [2.45, 2.75) is 34.6 Å². The molecule has 13 heavy (non-hydrogen) atoms. The number of pyridine rings is 1. The Morgan fingerprint density at radius 2 is 2.00 bits per heavy atom. The lowest BCUT2D eigenvalue weighted by Gasteiger charge is -2.03. The molecule has 72 valence electrons. The minimum Gasteiger partial charge on any atom is -0.264 e. The van der Waals surface area contributed by atoms with Crippen molar-refractivity contribution in [3.05, 3.63) is 35.7 Å². The number of aryl methyl sites for hydroxylation is 1. The summed E-state index contributed by atoms with van der Waals surface area (Å²) in [5.41, 5.74) is 3.84. The van der Waals surface area contributed by atoms with Crippen molar-refractivity contribution in [2.75, 3.05) is 0 Å². The first-order valence-electron chi connectivity index (χ1n) is 4.79. The fraction of sp³-hybridized carbons (Fsp3) is 0.417. The Morgan fingerprint density at radius 3 is 2.46 bits per heavy atom. The molecule has 0 aliphatic carbocycles. The van der Waals surface area contributed by atoms with Gasteiger partial charge in [-0.2, -0.15) is 0 Å². The second-order valence-corrected chi connectivity index (χ2v) is 2.66. The summed E-state index contributed by atoms with van der Waals surface area (Å²) in [6.45, 7) is 10.2. The minimum atomic E-state index is 1.24. The van der Waals surface area contributed by atoms with Crippen LogP contribution in [-0.2, 0) is 0 Å². The number of hydrogen-bond acceptors (Lipinski definition) is 1. The molecule has 0 fully saturated rings. The smallest absolute Gasteiger partial charge is 0.0303 e. The van der Waals surface area contributed by atoms with E-state index in [1.807, 2.05) is 32.3 Å². The van der Waals surface area contributed by atoms with Gasteiger partial charge in [0.2, 0.25) is 0 Å². The molecule has 1 aromatic heterocycles. The predicted octanol–water partition coefficient (Wildman–Crippen LogP) is 3.84. The van der Waals surface area contributed by atoms with E-state index in [2.05, 4.69) is 31.8 Å². The van der Waals surface area contributed by atoms with E-state index in [9.17, 15) is 0 Å². The minimum absolute atomic E-state index is 1.24. The maximum absolute atomic E-state index is 4.03. The summed E-state index contributed by atoms with van der Waals surface area (Å²) in [5.74, 6) is 0. The van der Waals surface area contributed by atoms with Gasteiger partial charge in [0.1, 0.15) is 0 Å². The van der Waals surface area contributed by atoms with Crippen LogP contribution in [0.5, 0.6) is 0 Å². The van der Waals surface area contributed by atoms with Gasteiger partial charge in [-0.3, -0.25) is 4.98 Å². The highest BCUT2D eigenvalue weighted by Crippen LogP contribution is 2.15. The molecule has 0 saturated heterocycles. The van der Waals surface area contributed by atoms with Crippen LogP contribution in [0, 0.1) is 6.92 Å². The molecule has 0 aromatic carbocycles. The van der Waals surface area contributed by atoms with Gasteiger partial charge in [-0.15, -0.1) is 0 Å². The zero-order valence-electron chi connectivity index (χ0n) is 9.26. The van der Waals surface area contributed by atoms with Crippen LogP contribution in [0.25, 0.3) is 5.57 Å². The number of nitrogens with zero attached hydrogens (tertiary/aromatic N) is 1. The quantitative estimate of drug-likeness (QED) is 0.635. The third kappa shape index (κ3) is 3.41. The van der Waals surface area contributed by atoms with E-state index in [1.54, 1.807) is 0 Å². The number of rotatable bonds is 1. The van der Waals surface area contributed by atoms with Gasteiger partial charge in [0, 0.05) is 12.4 Å². The second-order valence-electron chi connectivity index (χ2n) is 2.66. The van der Waals surface area contributed by atoms with Gasteiger partial charge in [-0.1, -0.05) is 19.9 Å². The van der Waals surface area contributed by atoms with Crippen LogP contribution in [0.2, 0.25) is 0 Å². The van der Waals surface area contributed by atoms with Gasteiger partial charge >= 0.3 is 0 Å². The highest BCUT2D eigenvalue weighted by Gasteiger charge is 1.96. The Hall–Kier alpha value is -1.11. The van der Waals surface area contributed by atoms with Crippen LogP contribution in [-0.4, -0.2) is 4.98 Å². The Labute approximate surface area is 81.5 Å². The predicted molar refractivity (Wildman–Crippen MR) is 59.6 cm³/mol. The molecular weight excluding hydrogens is 158 g/mol. The zero-order chi connectivity index (χ0) is 10.3. The number of hydrogen-bond donors (Lipinski definition) is 0. The van der Waals surface area contributed by atoms with Crippen molar-refractivity contribution in [2.24, 2.45) is 0 Å². The van der Waals surface area contributed by atoms with Gasteiger partial charge in [0.05, 0.1) is 0 Å². The largest absolute Gasteiger partial charge is 0.264 e. The SMILES string of the molecule is C/C=C(/C)c1ccncc1C.CC. The van der Waals surface area contributed by atoms with E-state index >= 15 is 0 Å². The lowest BCUT2D eigenvalue weighted by molar-refractivity contribution is 1.25. The van der Waals surface area contributed by atoms with E-state index in [-0.39, 0.29) is 0 Å². The van der Waals surface area contributed by atoms with Gasteiger partial charge in [0.15, 0.2) is 0 Å². The molecule has 0 N–H and O–H groups in total. The summed E-state index contributed by atoms with van der Waals surface area (Å²) < 4.78 is 0.